The Morgan fingerprint density at radius 1 is 1.06 bits per heavy atom. The molecule has 3 fully saturated rings. The van der Waals surface area contributed by atoms with Gasteiger partial charge in [0.1, 0.15) is 36.6 Å². The predicted molar refractivity (Wildman–Crippen MR) is 230 cm³/mol. The van der Waals surface area contributed by atoms with Crippen LogP contribution in [0.25, 0.3) is 0 Å². The first kappa shape index (κ1) is 51.1. The standard InChI is InChI=1S/C44H67FN6O12S/c1-12-34-44(8)38(51(46)42(56)63-44)26(4)35(52)24(2)21-43(7,59-10)39(27(5)36(53)28(6)40(55)61-34)62-41-37(54)33(19-25(3)60-41)49(9)18-17-30-23-50(48-47-30)31(22-45)20-29-13-15-32(16-14-29)64(11,57)58/h13-16,23-28,31,33-34,37-39,41,54H,12,17-22,46H2,1-11H3/t24-,25-,26+,27+,28-,31+,33+,34-,37-,38-,39-,41+,43-,44-/m1/s1. The number of rotatable bonds is 13. The second kappa shape index (κ2) is 20.3. The number of aliphatic hydroxyl groups excluding tert-OH is 1. The fourth-order valence-electron chi connectivity index (χ4n) is 9.76. The molecule has 64 heavy (non-hydrogen) atoms. The van der Waals surface area contributed by atoms with Crippen molar-refractivity contribution in [3.05, 3.63) is 41.7 Å². The maximum atomic E-state index is 14.3. The number of carbonyl (C=O) groups is 4. The van der Waals surface area contributed by atoms with Crippen LogP contribution in [-0.2, 0) is 60.7 Å². The number of fused-ring (bicyclic) bond motifs is 1. The van der Waals surface area contributed by atoms with Gasteiger partial charge >= 0.3 is 12.1 Å². The number of hydrogen-bond donors (Lipinski definition) is 2. The van der Waals surface area contributed by atoms with E-state index in [1.54, 1.807) is 59.9 Å². The summed E-state index contributed by atoms with van der Waals surface area (Å²) in [5.74, 6) is 0.598. The minimum atomic E-state index is -3.37. The van der Waals surface area contributed by atoms with E-state index < -0.39 is 118 Å². The van der Waals surface area contributed by atoms with Crippen molar-refractivity contribution < 1.29 is 60.8 Å². The molecule has 358 valence electrons. The van der Waals surface area contributed by atoms with Crippen LogP contribution in [0.4, 0.5) is 9.18 Å². The van der Waals surface area contributed by atoms with Crippen molar-refractivity contribution in [3.63, 3.8) is 0 Å². The minimum Gasteiger partial charge on any atom is -0.458 e. The molecule has 3 N–H and O–H groups in total. The lowest BCUT2D eigenvalue weighted by molar-refractivity contribution is -0.296. The number of hydrazine groups is 1. The Balaban J connectivity index is 1.35. The van der Waals surface area contributed by atoms with Gasteiger partial charge in [0, 0.05) is 56.3 Å². The minimum absolute atomic E-state index is 0.0366. The highest BCUT2D eigenvalue weighted by atomic mass is 32.2. The fraction of sp³-hybridized carbons (Fsp3) is 0.727. The van der Waals surface area contributed by atoms with Crippen LogP contribution in [0.1, 0.15) is 92.0 Å². The fourth-order valence-corrected chi connectivity index (χ4v) is 10.4. The van der Waals surface area contributed by atoms with E-state index >= 15 is 0 Å². The van der Waals surface area contributed by atoms with Crippen molar-refractivity contribution >= 4 is 33.5 Å². The van der Waals surface area contributed by atoms with Crippen LogP contribution < -0.4 is 5.84 Å². The van der Waals surface area contributed by atoms with E-state index in [-0.39, 0.29) is 29.9 Å². The van der Waals surface area contributed by atoms with Crippen LogP contribution in [0.5, 0.6) is 0 Å². The summed E-state index contributed by atoms with van der Waals surface area (Å²) in [6.07, 6.45) is -1.88. The number of benzene rings is 1. The number of esters is 1. The molecule has 4 heterocycles. The predicted octanol–water partition coefficient (Wildman–Crippen LogP) is 3.43. The monoisotopic (exact) mass is 922 g/mol. The molecule has 0 spiro atoms. The van der Waals surface area contributed by atoms with Crippen LogP contribution in [0.15, 0.2) is 35.4 Å². The molecule has 20 heteroatoms. The lowest BCUT2D eigenvalue weighted by Gasteiger charge is -2.47. The Kier molecular flexibility index (Phi) is 16.2. The second-order valence-corrected chi connectivity index (χ2v) is 20.5. The Morgan fingerprint density at radius 2 is 1.72 bits per heavy atom. The zero-order valence-corrected chi connectivity index (χ0v) is 39.6. The number of cyclic esters (lactones) is 1. The third-order valence-corrected chi connectivity index (χ3v) is 14.8. The summed E-state index contributed by atoms with van der Waals surface area (Å²) in [5.41, 5.74) is -1.54. The number of nitrogens with two attached hydrogens (primary N) is 1. The average molecular weight is 923 g/mol. The lowest BCUT2D eigenvalue weighted by Crippen LogP contribution is -2.61. The van der Waals surface area contributed by atoms with Gasteiger partial charge in [-0.1, -0.05) is 45.0 Å². The van der Waals surface area contributed by atoms with Crippen molar-refractivity contribution in [2.24, 2.45) is 29.5 Å². The molecule has 3 saturated heterocycles. The number of Topliss-reactive ketones (excluding diaryl/α,β-unsaturated/α-hetero) is 2. The van der Waals surface area contributed by atoms with Gasteiger partial charge in [0.25, 0.3) is 0 Å². The van der Waals surface area contributed by atoms with Gasteiger partial charge in [0.05, 0.1) is 34.4 Å². The number of ketones is 2. The van der Waals surface area contributed by atoms with Gasteiger partial charge in [-0.15, -0.1) is 5.10 Å². The van der Waals surface area contributed by atoms with Crippen LogP contribution >= 0.6 is 0 Å². The summed E-state index contributed by atoms with van der Waals surface area (Å²) in [7, 11) is -0.0929. The molecular weight excluding hydrogens is 856 g/mol. The second-order valence-electron chi connectivity index (χ2n) is 18.5. The summed E-state index contributed by atoms with van der Waals surface area (Å²) in [6, 6.07) is 4.12. The number of sulfone groups is 1. The Hall–Kier alpha value is -3.92. The molecular formula is C44H67FN6O12S. The first-order valence-electron chi connectivity index (χ1n) is 21.9. The first-order chi connectivity index (χ1) is 29.9. The van der Waals surface area contributed by atoms with Gasteiger partial charge in [0.15, 0.2) is 27.5 Å². The maximum absolute atomic E-state index is 14.3. The largest absolute Gasteiger partial charge is 0.458 e. The molecule has 18 nitrogen and oxygen atoms in total. The van der Waals surface area contributed by atoms with Gasteiger partial charge < -0.3 is 33.7 Å². The van der Waals surface area contributed by atoms with Crippen molar-refractivity contribution in [2.45, 2.75) is 152 Å². The molecule has 0 aliphatic carbocycles. The quantitative estimate of drug-likeness (QED) is 0.127. The first-order valence-corrected chi connectivity index (χ1v) is 23.8. The third-order valence-electron chi connectivity index (χ3n) is 13.7. The number of nitrogens with zero attached hydrogens (tertiary/aromatic N) is 5. The molecule has 14 atom stereocenters. The smallest absolute Gasteiger partial charge is 0.425 e. The van der Waals surface area contributed by atoms with Crippen molar-refractivity contribution in [1.29, 1.82) is 0 Å². The van der Waals surface area contributed by atoms with Gasteiger partial charge in [-0.25, -0.2) is 33.1 Å². The molecule has 0 unspecified atom stereocenters. The normalized spacial score (nSPS) is 35.2. The summed E-state index contributed by atoms with van der Waals surface area (Å²) in [4.78, 5) is 57.5. The van der Waals surface area contributed by atoms with E-state index in [0.29, 0.717) is 25.1 Å². The molecule has 0 bridgehead atoms. The molecule has 2 aromatic rings. The van der Waals surface area contributed by atoms with Crippen molar-refractivity contribution in [3.8, 4) is 0 Å². The van der Waals surface area contributed by atoms with E-state index in [1.165, 1.54) is 30.8 Å². The number of likely N-dealkylation sites (N-methyl/N-ethyl adjacent to an activating group) is 1. The Labute approximate surface area is 375 Å². The van der Waals surface area contributed by atoms with Gasteiger partial charge in [-0.2, -0.15) is 0 Å². The number of alkyl halides is 1. The number of aromatic nitrogens is 3. The van der Waals surface area contributed by atoms with Crippen LogP contribution in [0.2, 0.25) is 0 Å². The summed E-state index contributed by atoms with van der Waals surface area (Å²) >= 11 is 0. The number of ether oxygens (including phenoxy) is 5. The van der Waals surface area contributed by atoms with Crippen LogP contribution in [0.3, 0.4) is 0 Å². The SMILES string of the molecule is CC[C@H]1OC(=O)[C@H](C)C(=O)[C@H](C)[C@@H](O[C@@H]2O[C@H](C)C[C@H](N(C)CCc3cn([C@H](CF)Cc4ccc(S(C)(=O)=O)cc4)nn3)[C@H]2O)[C@](C)(OC)C[C@@H](C)C(=O)[C@H](C)[C@H]2N(N)C(=O)O[C@]12C. The summed E-state index contributed by atoms with van der Waals surface area (Å²) in [6.45, 7) is 13.0. The zero-order chi connectivity index (χ0) is 47.6. The third kappa shape index (κ3) is 10.7. The van der Waals surface area contributed by atoms with Gasteiger partial charge in [0.2, 0.25) is 0 Å². The summed E-state index contributed by atoms with van der Waals surface area (Å²) < 4.78 is 70.2. The number of halogens is 1. The summed E-state index contributed by atoms with van der Waals surface area (Å²) in [5, 5.41) is 21.3. The number of carbonyl (C=O) groups excluding carboxylic acids is 4. The number of methoxy groups -OCH3 is 1. The molecule has 5 rings (SSSR count). The molecule has 0 saturated carbocycles. The lowest BCUT2D eigenvalue weighted by atomic mass is 9.73. The highest BCUT2D eigenvalue weighted by Crippen LogP contribution is 2.42. The average Bonchev–Trinajstić information content (AvgIpc) is 3.82. The Morgan fingerprint density at radius 3 is 2.31 bits per heavy atom. The van der Waals surface area contributed by atoms with Crippen LogP contribution in [-0.4, -0.2) is 150 Å². The molecule has 0 radical (unpaired) electrons. The van der Waals surface area contributed by atoms with E-state index in [9.17, 15) is 37.1 Å². The maximum Gasteiger partial charge on any atom is 0.425 e. The van der Waals surface area contributed by atoms with E-state index in [0.717, 1.165) is 16.8 Å². The van der Waals surface area contributed by atoms with Crippen molar-refractivity contribution in [2.75, 3.05) is 33.6 Å². The topological polar surface area (TPSA) is 232 Å². The molecule has 1 amide bonds. The number of hydrogen-bond acceptors (Lipinski definition) is 16. The van der Waals surface area contributed by atoms with E-state index in [1.807, 2.05) is 18.9 Å². The Bertz CT molecular complexity index is 2090. The highest BCUT2D eigenvalue weighted by Gasteiger charge is 2.60. The number of aliphatic hydroxyl groups is 1. The zero-order valence-electron chi connectivity index (χ0n) is 38.8. The molecule has 3 aliphatic rings. The van der Waals surface area contributed by atoms with E-state index in [2.05, 4.69) is 10.3 Å². The molecule has 1 aromatic carbocycles. The molecule has 3 aliphatic heterocycles. The van der Waals surface area contributed by atoms with E-state index in [4.69, 9.17) is 29.5 Å². The molecule has 1 aromatic heterocycles. The van der Waals surface area contributed by atoms with Crippen LogP contribution in [0, 0.1) is 23.7 Å². The van der Waals surface area contributed by atoms with Gasteiger partial charge in [-0.3, -0.25) is 14.4 Å². The highest BCUT2D eigenvalue weighted by molar-refractivity contribution is 7.90. The van der Waals surface area contributed by atoms with Crippen molar-refractivity contribution in [1.82, 2.24) is 24.9 Å². The van der Waals surface area contributed by atoms with Gasteiger partial charge in [-0.05, 0) is 78.1 Å². The number of amides is 1.